The predicted molar refractivity (Wildman–Crippen MR) is 62.4 cm³/mol. The van der Waals surface area contributed by atoms with Crippen molar-refractivity contribution in [1.29, 1.82) is 0 Å². The number of rotatable bonds is 2. The molecule has 1 amide bonds. The molecule has 2 N–H and O–H groups in total. The Bertz CT molecular complexity index is 228. The Morgan fingerprint density at radius 3 is 2.47 bits per heavy atom. The van der Waals surface area contributed by atoms with Crippen LogP contribution in [0, 0.1) is 11.8 Å². The number of nitrogens with two attached hydrogens (primary N) is 1. The Hall–Kier alpha value is -0.570. The van der Waals surface area contributed by atoms with E-state index in [4.69, 9.17) is 5.73 Å². The molecule has 15 heavy (non-hydrogen) atoms. The largest absolute Gasteiger partial charge is 0.338 e. The third-order valence-corrected chi connectivity index (χ3v) is 3.40. The molecule has 0 aliphatic carbocycles. The van der Waals surface area contributed by atoms with Crippen LogP contribution in [0.4, 0.5) is 0 Å². The lowest BCUT2D eigenvalue weighted by Crippen LogP contribution is -2.53. The molecule has 0 aromatic carbocycles. The fraction of sp³-hybridized carbons (Fsp3) is 0.917. The number of carbonyl (C=O) groups excluding carboxylic acids is 1. The average Bonchev–Trinajstić information content (AvgIpc) is 2.19. The van der Waals surface area contributed by atoms with Crippen molar-refractivity contribution in [3.63, 3.8) is 0 Å². The summed E-state index contributed by atoms with van der Waals surface area (Å²) in [6, 6.07) is 0.0243. The van der Waals surface area contributed by atoms with E-state index in [1.165, 1.54) is 6.42 Å². The second kappa shape index (κ2) is 4.97. The highest BCUT2D eigenvalue weighted by molar-refractivity contribution is 5.82. The number of hydrogen-bond acceptors (Lipinski definition) is 2. The summed E-state index contributed by atoms with van der Waals surface area (Å²) in [6.07, 6.45) is 2.33. The lowest BCUT2D eigenvalue weighted by Gasteiger charge is -2.38. The first-order valence-electron chi connectivity index (χ1n) is 5.99. The average molecular weight is 212 g/mol. The minimum Gasteiger partial charge on any atom is -0.338 e. The Kier molecular flexibility index (Phi) is 4.14. The Morgan fingerprint density at radius 1 is 1.33 bits per heavy atom. The third-order valence-electron chi connectivity index (χ3n) is 3.40. The van der Waals surface area contributed by atoms with Gasteiger partial charge in [0.2, 0.25) is 5.91 Å². The monoisotopic (exact) mass is 212 g/mol. The zero-order valence-corrected chi connectivity index (χ0v) is 10.4. The van der Waals surface area contributed by atoms with Crippen LogP contribution >= 0.6 is 0 Å². The molecule has 0 saturated carbocycles. The van der Waals surface area contributed by atoms with E-state index in [0.29, 0.717) is 12.0 Å². The fourth-order valence-corrected chi connectivity index (χ4v) is 2.07. The molecule has 3 nitrogen and oxygen atoms in total. The van der Waals surface area contributed by atoms with Crippen LogP contribution in [0.25, 0.3) is 0 Å². The second-order valence-corrected chi connectivity index (χ2v) is 5.29. The molecule has 2 unspecified atom stereocenters. The van der Waals surface area contributed by atoms with E-state index >= 15 is 0 Å². The molecule has 0 aromatic heterocycles. The van der Waals surface area contributed by atoms with Gasteiger partial charge in [0.05, 0.1) is 6.04 Å². The molecule has 1 heterocycles. The van der Waals surface area contributed by atoms with Crippen LogP contribution in [-0.2, 0) is 4.79 Å². The van der Waals surface area contributed by atoms with E-state index in [1.54, 1.807) is 0 Å². The van der Waals surface area contributed by atoms with Crippen LogP contribution in [0.15, 0.2) is 0 Å². The normalized spacial score (nSPS) is 29.3. The number of carbonyl (C=O) groups is 1. The van der Waals surface area contributed by atoms with Crippen molar-refractivity contribution in [1.82, 2.24) is 4.90 Å². The molecule has 1 aliphatic heterocycles. The van der Waals surface area contributed by atoms with E-state index in [1.807, 2.05) is 18.7 Å². The maximum absolute atomic E-state index is 12.1. The van der Waals surface area contributed by atoms with E-state index in [2.05, 4.69) is 13.8 Å². The van der Waals surface area contributed by atoms with E-state index in [-0.39, 0.29) is 17.9 Å². The van der Waals surface area contributed by atoms with Crippen molar-refractivity contribution >= 4 is 5.91 Å². The highest BCUT2D eigenvalue weighted by Gasteiger charge is 2.30. The summed E-state index contributed by atoms with van der Waals surface area (Å²) in [7, 11) is 0. The molecule has 0 spiro atoms. The molecule has 1 saturated heterocycles. The summed E-state index contributed by atoms with van der Waals surface area (Å²) in [5, 5.41) is 0. The zero-order chi connectivity index (χ0) is 11.6. The smallest absolute Gasteiger partial charge is 0.239 e. The summed E-state index contributed by atoms with van der Waals surface area (Å²) >= 11 is 0. The first-order valence-corrected chi connectivity index (χ1v) is 5.99. The van der Waals surface area contributed by atoms with Crippen molar-refractivity contribution in [3.05, 3.63) is 0 Å². The Morgan fingerprint density at radius 2 is 1.93 bits per heavy atom. The lowest BCUT2D eigenvalue weighted by atomic mass is 9.93. The summed E-state index contributed by atoms with van der Waals surface area (Å²) < 4.78 is 0. The number of likely N-dealkylation sites (tertiary alicyclic amines) is 1. The minimum atomic E-state index is -0.335. The Labute approximate surface area is 93.0 Å². The van der Waals surface area contributed by atoms with Crippen LogP contribution in [0.5, 0.6) is 0 Å². The topological polar surface area (TPSA) is 46.3 Å². The van der Waals surface area contributed by atoms with Crippen LogP contribution in [0.3, 0.4) is 0 Å². The van der Waals surface area contributed by atoms with Crippen LogP contribution in [0.2, 0.25) is 0 Å². The van der Waals surface area contributed by atoms with Gasteiger partial charge in [0.15, 0.2) is 0 Å². The van der Waals surface area contributed by atoms with Crippen LogP contribution < -0.4 is 5.73 Å². The zero-order valence-electron chi connectivity index (χ0n) is 10.4. The van der Waals surface area contributed by atoms with Crippen LogP contribution in [-0.4, -0.2) is 29.4 Å². The van der Waals surface area contributed by atoms with Crippen LogP contribution in [0.1, 0.15) is 40.5 Å². The van der Waals surface area contributed by atoms with Crippen molar-refractivity contribution in [2.75, 3.05) is 6.54 Å². The Balaban J connectivity index is 2.64. The van der Waals surface area contributed by atoms with E-state index in [0.717, 1.165) is 13.0 Å². The molecular weight excluding hydrogens is 188 g/mol. The maximum atomic E-state index is 12.1. The van der Waals surface area contributed by atoms with Gasteiger partial charge in [0.1, 0.15) is 0 Å². The van der Waals surface area contributed by atoms with Gasteiger partial charge >= 0.3 is 0 Å². The molecule has 1 rings (SSSR count). The predicted octanol–water partition coefficient (Wildman–Crippen LogP) is 1.62. The standard InChI is InChI=1S/C12H24N2O/c1-8(2)11(13)12(15)14-7-9(3)5-6-10(14)4/h8-11H,5-7,13H2,1-4H3/t9?,10?,11-/m1/s1. The SMILES string of the molecule is CC1CCC(C)N(C(=O)[C@H](N)C(C)C)C1. The fourth-order valence-electron chi connectivity index (χ4n) is 2.07. The first-order chi connectivity index (χ1) is 6.93. The highest BCUT2D eigenvalue weighted by atomic mass is 16.2. The first kappa shape index (κ1) is 12.5. The maximum Gasteiger partial charge on any atom is 0.239 e. The number of amides is 1. The van der Waals surface area contributed by atoms with Gasteiger partial charge in [0, 0.05) is 12.6 Å². The number of nitrogens with zero attached hydrogens (tertiary/aromatic N) is 1. The number of piperidine rings is 1. The molecule has 88 valence electrons. The van der Waals surface area contributed by atoms with Gasteiger partial charge < -0.3 is 10.6 Å². The molecule has 0 bridgehead atoms. The number of hydrogen-bond donors (Lipinski definition) is 1. The van der Waals surface area contributed by atoms with Gasteiger partial charge in [-0.1, -0.05) is 20.8 Å². The van der Waals surface area contributed by atoms with Crippen molar-refractivity contribution in [3.8, 4) is 0 Å². The summed E-state index contributed by atoms with van der Waals surface area (Å²) in [5.41, 5.74) is 5.91. The summed E-state index contributed by atoms with van der Waals surface area (Å²) in [4.78, 5) is 14.1. The van der Waals surface area contributed by atoms with Crippen molar-refractivity contribution in [2.45, 2.75) is 52.6 Å². The molecule has 0 aromatic rings. The molecular formula is C12H24N2O. The molecule has 1 aliphatic rings. The van der Waals surface area contributed by atoms with E-state index < -0.39 is 0 Å². The highest BCUT2D eigenvalue weighted by Crippen LogP contribution is 2.22. The van der Waals surface area contributed by atoms with E-state index in [9.17, 15) is 4.79 Å². The third kappa shape index (κ3) is 2.94. The minimum absolute atomic E-state index is 0.129. The summed E-state index contributed by atoms with van der Waals surface area (Å²) in [5.74, 6) is 0.968. The quantitative estimate of drug-likeness (QED) is 0.756. The molecule has 3 atom stereocenters. The molecule has 0 radical (unpaired) electrons. The summed E-state index contributed by atoms with van der Waals surface area (Å²) in [6.45, 7) is 9.20. The van der Waals surface area contributed by atoms with Gasteiger partial charge in [-0.25, -0.2) is 0 Å². The van der Waals surface area contributed by atoms with Gasteiger partial charge in [-0.15, -0.1) is 0 Å². The lowest BCUT2D eigenvalue weighted by molar-refractivity contribution is -0.137. The van der Waals surface area contributed by atoms with Gasteiger partial charge in [-0.3, -0.25) is 4.79 Å². The van der Waals surface area contributed by atoms with Gasteiger partial charge in [0.25, 0.3) is 0 Å². The van der Waals surface area contributed by atoms with Gasteiger partial charge in [-0.05, 0) is 31.6 Å². The van der Waals surface area contributed by atoms with Crippen molar-refractivity contribution in [2.24, 2.45) is 17.6 Å². The molecule has 3 heteroatoms. The van der Waals surface area contributed by atoms with Crippen molar-refractivity contribution < 1.29 is 4.79 Å². The second-order valence-electron chi connectivity index (χ2n) is 5.29. The van der Waals surface area contributed by atoms with Gasteiger partial charge in [-0.2, -0.15) is 0 Å². The molecule has 1 fully saturated rings.